The van der Waals surface area contributed by atoms with Crippen molar-refractivity contribution in [1.29, 1.82) is 0 Å². The maximum Gasteiger partial charge on any atom is 0.325 e. The highest BCUT2D eigenvalue weighted by Crippen LogP contribution is 2.15. The third kappa shape index (κ3) is 4.90. The molecule has 0 saturated heterocycles. The van der Waals surface area contributed by atoms with E-state index in [1.165, 1.54) is 12.7 Å². The predicted molar refractivity (Wildman–Crippen MR) is 79.3 cm³/mol. The van der Waals surface area contributed by atoms with Crippen LogP contribution in [-0.4, -0.2) is 48.1 Å². The number of nitrogens with two attached hydrogens (primary N) is 1. The van der Waals surface area contributed by atoms with Gasteiger partial charge in [-0.3, -0.25) is 9.78 Å². The van der Waals surface area contributed by atoms with Gasteiger partial charge in [-0.1, -0.05) is 0 Å². The van der Waals surface area contributed by atoms with Crippen LogP contribution in [0.1, 0.15) is 25.8 Å². The smallest absolute Gasteiger partial charge is 0.325 e. The minimum Gasteiger partial charge on any atom is -0.468 e. The van der Waals surface area contributed by atoms with Crippen LogP contribution in [0.4, 0.5) is 0 Å². The number of rotatable bonds is 7. The number of hydrogen-bond donors (Lipinski definition) is 1. The molecule has 5 heteroatoms. The molecule has 1 aromatic heterocycles. The van der Waals surface area contributed by atoms with Crippen LogP contribution in [0, 0.1) is 0 Å². The molecule has 0 amide bonds. The van der Waals surface area contributed by atoms with Gasteiger partial charge >= 0.3 is 5.97 Å². The molecule has 1 heterocycles. The molecule has 0 fully saturated rings. The Morgan fingerprint density at radius 2 is 2.10 bits per heavy atom. The largest absolute Gasteiger partial charge is 0.468 e. The summed E-state index contributed by atoms with van der Waals surface area (Å²) in [5, 5.41) is 0. The lowest BCUT2D eigenvalue weighted by molar-refractivity contribution is -0.147. The van der Waals surface area contributed by atoms with E-state index in [-0.39, 0.29) is 12.0 Å². The number of esters is 1. The van der Waals surface area contributed by atoms with Crippen LogP contribution in [0.2, 0.25) is 0 Å². The first-order chi connectivity index (χ1) is 9.36. The molecule has 5 nitrogen and oxygen atoms in total. The second-order valence-corrected chi connectivity index (χ2v) is 5.55. The zero-order valence-corrected chi connectivity index (χ0v) is 12.8. The second-order valence-electron chi connectivity index (χ2n) is 5.55. The summed E-state index contributed by atoms with van der Waals surface area (Å²) >= 11 is 0. The molecule has 20 heavy (non-hydrogen) atoms. The summed E-state index contributed by atoms with van der Waals surface area (Å²) in [6.07, 6.45) is 5.11. The first-order valence-electron chi connectivity index (χ1n) is 6.83. The van der Waals surface area contributed by atoms with E-state index in [2.05, 4.69) is 16.8 Å². The molecule has 2 atom stereocenters. The van der Waals surface area contributed by atoms with E-state index < -0.39 is 5.54 Å². The number of hydrogen-bond acceptors (Lipinski definition) is 5. The molecule has 112 valence electrons. The van der Waals surface area contributed by atoms with Crippen LogP contribution >= 0.6 is 0 Å². The molecule has 0 saturated carbocycles. The summed E-state index contributed by atoms with van der Waals surface area (Å²) in [6.45, 7) is 4.69. The molecule has 0 aliphatic carbocycles. The van der Waals surface area contributed by atoms with Crippen molar-refractivity contribution in [2.24, 2.45) is 5.73 Å². The highest BCUT2D eigenvalue weighted by atomic mass is 16.5. The van der Waals surface area contributed by atoms with Crippen LogP contribution in [0.5, 0.6) is 0 Å². The SMILES string of the molecule is COC(=O)C(C)(N)CC(C)N(C)CCc1ccncc1. The second kappa shape index (κ2) is 7.36. The number of nitrogens with zero attached hydrogens (tertiary/aromatic N) is 2. The van der Waals surface area contributed by atoms with Crippen molar-refractivity contribution in [3.63, 3.8) is 0 Å². The van der Waals surface area contributed by atoms with Gasteiger partial charge in [0, 0.05) is 25.0 Å². The molecule has 2 unspecified atom stereocenters. The number of ether oxygens (including phenoxy) is 1. The van der Waals surface area contributed by atoms with Gasteiger partial charge in [0.05, 0.1) is 7.11 Å². The average Bonchev–Trinajstić information content (AvgIpc) is 2.44. The van der Waals surface area contributed by atoms with E-state index in [9.17, 15) is 4.79 Å². The van der Waals surface area contributed by atoms with Crippen molar-refractivity contribution >= 4 is 5.97 Å². The van der Waals surface area contributed by atoms with Gasteiger partial charge in [-0.05, 0) is 51.4 Å². The number of aromatic nitrogens is 1. The zero-order valence-electron chi connectivity index (χ0n) is 12.8. The first-order valence-corrected chi connectivity index (χ1v) is 6.83. The van der Waals surface area contributed by atoms with E-state index in [1.54, 1.807) is 19.3 Å². The minimum absolute atomic E-state index is 0.200. The predicted octanol–water partition coefficient (Wildman–Crippen LogP) is 1.22. The first kappa shape index (κ1) is 16.6. The number of carbonyl (C=O) groups is 1. The Hall–Kier alpha value is -1.46. The summed E-state index contributed by atoms with van der Waals surface area (Å²) in [5.41, 5.74) is 6.31. The molecular formula is C15H25N3O2. The maximum absolute atomic E-state index is 11.6. The molecule has 0 aliphatic heterocycles. The van der Waals surface area contributed by atoms with E-state index in [4.69, 9.17) is 10.5 Å². The van der Waals surface area contributed by atoms with E-state index in [1.807, 2.05) is 19.2 Å². The third-order valence-corrected chi connectivity index (χ3v) is 3.63. The number of pyridine rings is 1. The highest BCUT2D eigenvalue weighted by molar-refractivity contribution is 5.79. The minimum atomic E-state index is -0.945. The average molecular weight is 279 g/mol. The van der Waals surface area contributed by atoms with Crippen LogP contribution in [0.3, 0.4) is 0 Å². The molecule has 0 spiro atoms. The third-order valence-electron chi connectivity index (χ3n) is 3.63. The quantitative estimate of drug-likeness (QED) is 0.760. The number of methoxy groups -OCH3 is 1. The lowest BCUT2D eigenvalue weighted by Crippen LogP contribution is -2.50. The molecular weight excluding hydrogens is 254 g/mol. The molecule has 0 bridgehead atoms. The standard InChI is InChI=1S/C15H25N3O2/c1-12(11-15(2,16)14(19)20-4)18(3)10-7-13-5-8-17-9-6-13/h5-6,8-9,12H,7,10-11,16H2,1-4H3. The number of carbonyl (C=O) groups excluding carboxylic acids is 1. The Balaban J connectivity index is 2.47. The normalized spacial score (nSPS) is 15.7. The Morgan fingerprint density at radius 3 is 2.65 bits per heavy atom. The lowest BCUT2D eigenvalue weighted by atomic mass is 9.94. The van der Waals surface area contributed by atoms with Crippen molar-refractivity contribution in [2.75, 3.05) is 20.7 Å². The van der Waals surface area contributed by atoms with Crippen LogP contribution in [0.25, 0.3) is 0 Å². The molecule has 2 N–H and O–H groups in total. The van der Waals surface area contributed by atoms with Crippen LogP contribution in [0.15, 0.2) is 24.5 Å². The van der Waals surface area contributed by atoms with Crippen molar-refractivity contribution < 1.29 is 9.53 Å². The Kier molecular flexibility index (Phi) is 6.10. The molecule has 0 aliphatic rings. The molecule has 1 aromatic rings. The zero-order chi connectivity index (χ0) is 15.2. The Bertz CT molecular complexity index is 420. The van der Waals surface area contributed by atoms with Crippen LogP contribution < -0.4 is 5.73 Å². The fourth-order valence-electron chi connectivity index (χ4n) is 2.16. The fourth-order valence-corrected chi connectivity index (χ4v) is 2.16. The van der Waals surface area contributed by atoms with Gasteiger partial charge in [-0.25, -0.2) is 0 Å². The Labute approximate surface area is 121 Å². The van der Waals surface area contributed by atoms with Crippen LogP contribution in [-0.2, 0) is 16.0 Å². The maximum atomic E-state index is 11.6. The van der Waals surface area contributed by atoms with Gasteiger partial charge in [0.15, 0.2) is 0 Å². The van der Waals surface area contributed by atoms with Crippen molar-refractivity contribution in [2.45, 2.75) is 38.3 Å². The lowest BCUT2D eigenvalue weighted by Gasteiger charge is -2.31. The summed E-state index contributed by atoms with van der Waals surface area (Å²) in [7, 11) is 3.41. The van der Waals surface area contributed by atoms with Gasteiger partial charge in [0.2, 0.25) is 0 Å². The van der Waals surface area contributed by atoms with Gasteiger partial charge < -0.3 is 15.4 Å². The molecule has 1 rings (SSSR count). The van der Waals surface area contributed by atoms with Gasteiger partial charge in [-0.15, -0.1) is 0 Å². The van der Waals surface area contributed by atoms with E-state index >= 15 is 0 Å². The van der Waals surface area contributed by atoms with Crippen molar-refractivity contribution in [3.8, 4) is 0 Å². The summed E-state index contributed by atoms with van der Waals surface area (Å²) in [4.78, 5) is 17.8. The van der Waals surface area contributed by atoms with Crippen molar-refractivity contribution in [1.82, 2.24) is 9.88 Å². The Morgan fingerprint density at radius 1 is 1.50 bits per heavy atom. The summed E-state index contributed by atoms with van der Waals surface area (Å²) < 4.78 is 4.74. The summed E-state index contributed by atoms with van der Waals surface area (Å²) in [6, 6.07) is 4.23. The highest BCUT2D eigenvalue weighted by Gasteiger charge is 2.32. The van der Waals surface area contributed by atoms with Gasteiger partial charge in [-0.2, -0.15) is 0 Å². The molecule has 0 aromatic carbocycles. The molecule has 0 radical (unpaired) electrons. The van der Waals surface area contributed by atoms with Crippen molar-refractivity contribution in [3.05, 3.63) is 30.1 Å². The fraction of sp³-hybridized carbons (Fsp3) is 0.600. The van der Waals surface area contributed by atoms with E-state index in [0.717, 1.165) is 13.0 Å². The van der Waals surface area contributed by atoms with Gasteiger partial charge in [0.25, 0.3) is 0 Å². The monoisotopic (exact) mass is 279 g/mol. The van der Waals surface area contributed by atoms with Gasteiger partial charge in [0.1, 0.15) is 5.54 Å². The summed E-state index contributed by atoms with van der Waals surface area (Å²) in [5.74, 6) is -0.369. The topological polar surface area (TPSA) is 68.5 Å². The van der Waals surface area contributed by atoms with E-state index in [0.29, 0.717) is 6.42 Å². The number of likely N-dealkylation sites (N-methyl/N-ethyl adjacent to an activating group) is 1.